The molecule has 2 rings (SSSR count). The summed E-state index contributed by atoms with van der Waals surface area (Å²) in [6.45, 7) is 4.84. The van der Waals surface area contributed by atoms with Crippen LogP contribution >= 0.6 is 0 Å². The zero-order chi connectivity index (χ0) is 22.1. The molecule has 0 N–H and O–H groups in total. The summed E-state index contributed by atoms with van der Waals surface area (Å²) in [6.07, 6.45) is 9.85. The van der Waals surface area contributed by atoms with Crippen LogP contribution in [0.5, 0.6) is 0 Å². The van der Waals surface area contributed by atoms with E-state index >= 15 is 0 Å². The number of sulfone groups is 1. The molecule has 1 aliphatic rings. The second-order valence-electron chi connectivity index (χ2n) is 7.17. The molecule has 1 unspecified atom stereocenters. The minimum Gasteiger partial charge on any atom is -0.224 e. The number of halogens is 3. The molecule has 0 bridgehead atoms. The first-order valence-corrected chi connectivity index (χ1v) is 11.8. The largest absolute Gasteiger partial charge is 0.394 e. The molecule has 0 spiro atoms. The molecule has 6 heteroatoms. The van der Waals surface area contributed by atoms with E-state index in [1.165, 1.54) is 36.3 Å². The van der Waals surface area contributed by atoms with Crippen LogP contribution in [0.15, 0.2) is 59.0 Å². The van der Waals surface area contributed by atoms with Crippen LogP contribution in [0.3, 0.4) is 0 Å². The van der Waals surface area contributed by atoms with Crippen molar-refractivity contribution in [2.75, 3.05) is 6.26 Å². The van der Waals surface area contributed by atoms with Crippen molar-refractivity contribution < 1.29 is 21.6 Å². The Labute approximate surface area is 173 Å². The molecule has 162 valence electrons. The minimum absolute atomic E-state index is 0.392. The van der Waals surface area contributed by atoms with Gasteiger partial charge in [0, 0.05) is 6.26 Å². The lowest BCUT2D eigenvalue weighted by Crippen LogP contribution is -2.17. The summed E-state index contributed by atoms with van der Waals surface area (Å²) in [6, 6.07) is 7.31. The van der Waals surface area contributed by atoms with Crippen molar-refractivity contribution in [1.82, 2.24) is 0 Å². The van der Waals surface area contributed by atoms with E-state index in [9.17, 15) is 21.6 Å². The highest BCUT2D eigenvalue weighted by molar-refractivity contribution is 7.90. The van der Waals surface area contributed by atoms with Crippen LogP contribution in [0, 0.1) is 5.92 Å². The van der Waals surface area contributed by atoms with Crippen LogP contribution < -0.4 is 0 Å². The normalized spacial score (nSPS) is 16.8. The molecule has 29 heavy (non-hydrogen) atoms. The van der Waals surface area contributed by atoms with Gasteiger partial charge in [0.1, 0.15) is 0 Å². The summed E-state index contributed by atoms with van der Waals surface area (Å²) in [5.41, 5.74) is 3.94. The van der Waals surface area contributed by atoms with Crippen molar-refractivity contribution in [3.63, 3.8) is 0 Å². The van der Waals surface area contributed by atoms with Crippen LogP contribution in [0.25, 0.3) is 5.57 Å². The van der Waals surface area contributed by atoms with Gasteiger partial charge in [-0.05, 0) is 67.9 Å². The molecule has 1 aromatic carbocycles. The van der Waals surface area contributed by atoms with Gasteiger partial charge in [-0.2, -0.15) is 13.2 Å². The highest BCUT2D eigenvalue weighted by Crippen LogP contribution is 2.33. The van der Waals surface area contributed by atoms with Crippen LogP contribution in [0.4, 0.5) is 13.2 Å². The molecule has 1 aromatic rings. The summed E-state index contributed by atoms with van der Waals surface area (Å²) in [4.78, 5) is 0.392. The zero-order valence-corrected chi connectivity index (χ0v) is 18.4. The lowest BCUT2D eigenvalue weighted by molar-refractivity contribution is -0.156. The first kappa shape index (κ1) is 25.2. The summed E-state index contributed by atoms with van der Waals surface area (Å²) < 4.78 is 57.8. The molecule has 0 heterocycles. The molecule has 0 aromatic heterocycles. The molecule has 0 fully saturated rings. The van der Waals surface area contributed by atoms with E-state index in [4.69, 9.17) is 0 Å². The third-order valence-corrected chi connectivity index (χ3v) is 5.82. The SMILES string of the molecule is C/C=C\C(C)C(F)(F)F.CC/C=C/C1=C(c2ccc(S(C)(=O)=O)cc2)CCCC1. The lowest BCUT2D eigenvalue weighted by Gasteiger charge is -2.19. The number of hydrogen-bond donors (Lipinski definition) is 0. The quantitative estimate of drug-likeness (QED) is 0.467. The Hall–Kier alpha value is -1.82. The van der Waals surface area contributed by atoms with Crippen LogP contribution in [0.2, 0.25) is 0 Å². The van der Waals surface area contributed by atoms with Gasteiger partial charge < -0.3 is 0 Å². The van der Waals surface area contributed by atoms with E-state index in [1.807, 2.05) is 12.1 Å². The third kappa shape index (κ3) is 8.60. The fourth-order valence-electron chi connectivity index (χ4n) is 3.00. The van der Waals surface area contributed by atoms with E-state index < -0.39 is 21.9 Å². The molecular formula is C23H31F3O2S. The molecule has 1 aliphatic carbocycles. The first-order valence-electron chi connectivity index (χ1n) is 9.89. The van der Waals surface area contributed by atoms with Crippen LogP contribution in [-0.4, -0.2) is 20.8 Å². The molecule has 0 amide bonds. The summed E-state index contributed by atoms with van der Waals surface area (Å²) >= 11 is 0. The minimum atomic E-state index is -4.08. The lowest BCUT2D eigenvalue weighted by atomic mass is 9.87. The third-order valence-electron chi connectivity index (χ3n) is 4.69. The Morgan fingerprint density at radius 3 is 2.14 bits per heavy atom. The maximum atomic E-state index is 11.6. The average molecular weight is 429 g/mol. The van der Waals surface area contributed by atoms with E-state index in [-0.39, 0.29) is 0 Å². The summed E-state index contributed by atoms with van der Waals surface area (Å²) in [7, 11) is -3.11. The number of benzene rings is 1. The highest BCUT2D eigenvalue weighted by Gasteiger charge is 2.33. The van der Waals surface area contributed by atoms with Crippen molar-refractivity contribution in [2.24, 2.45) is 5.92 Å². The number of hydrogen-bond acceptors (Lipinski definition) is 2. The summed E-state index contributed by atoms with van der Waals surface area (Å²) in [5, 5.41) is 0. The van der Waals surface area contributed by atoms with E-state index in [0.29, 0.717) is 4.90 Å². The van der Waals surface area contributed by atoms with E-state index in [1.54, 1.807) is 19.1 Å². The van der Waals surface area contributed by atoms with Crippen molar-refractivity contribution in [1.29, 1.82) is 0 Å². The Morgan fingerprint density at radius 1 is 1.10 bits per heavy atom. The van der Waals surface area contributed by atoms with Crippen LogP contribution in [-0.2, 0) is 9.84 Å². The molecule has 2 nitrogen and oxygen atoms in total. The van der Waals surface area contributed by atoms with Crippen molar-refractivity contribution >= 4 is 15.4 Å². The van der Waals surface area contributed by atoms with Gasteiger partial charge in [-0.3, -0.25) is 0 Å². The Morgan fingerprint density at radius 2 is 1.69 bits per heavy atom. The average Bonchev–Trinajstić information content (AvgIpc) is 2.66. The monoisotopic (exact) mass is 428 g/mol. The Balaban J connectivity index is 0.000000396. The van der Waals surface area contributed by atoms with Crippen molar-refractivity contribution in [3.8, 4) is 0 Å². The highest BCUT2D eigenvalue weighted by atomic mass is 32.2. The molecular weight excluding hydrogens is 397 g/mol. The van der Waals surface area contributed by atoms with Gasteiger partial charge in [-0.25, -0.2) is 8.42 Å². The van der Waals surface area contributed by atoms with Gasteiger partial charge in [0.15, 0.2) is 9.84 Å². The van der Waals surface area contributed by atoms with Crippen molar-refractivity contribution in [2.45, 2.75) is 63.9 Å². The fourth-order valence-corrected chi connectivity index (χ4v) is 3.63. The predicted octanol–water partition coefficient (Wildman–Crippen LogP) is 7.14. The van der Waals surface area contributed by atoms with Crippen molar-refractivity contribution in [3.05, 3.63) is 59.7 Å². The second kappa shape index (κ2) is 11.4. The van der Waals surface area contributed by atoms with E-state index in [2.05, 4.69) is 19.1 Å². The standard InChI is InChI=1S/C17H22O2S.C6H9F3/c1-3-4-7-14-8-5-6-9-17(14)15-10-12-16(13-11-15)20(2,18)19;1-3-4-5(2)6(7,8)9/h4,7,10-13H,3,5-6,8-9H2,1-2H3;3-5H,1-2H3/b7-4+;4-3-. The molecule has 0 saturated carbocycles. The summed E-state index contributed by atoms with van der Waals surface area (Å²) in [5.74, 6) is -1.32. The molecule has 1 atom stereocenters. The zero-order valence-electron chi connectivity index (χ0n) is 17.6. The maximum Gasteiger partial charge on any atom is 0.394 e. The van der Waals surface area contributed by atoms with Gasteiger partial charge in [-0.15, -0.1) is 0 Å². The van der Waals surface area contributed by atoms with E-state index in [0.717, 1.165) is 37.8 Å². The predicted molar refractivity (Wildman–Crippen MR) is 114 cm³/mol. The second-order valence-corrected chi connectivity index (χ2v) is 9.19. The fraction of sp³-hybridized carbons (Fsp3) is 0.478. The molecule has 0 saturated heterocycles. The van der Waals surface area contributed by atoms with Gasteiger partial charge in [0.05, 0.1) is 10.8 Å². The number of alkyl halides is 3. The number of rotatable bonds is 5. The molecule has 0 aliphatic heterocycles. The first-order chi connectivity index (χ1) is 13.5. The molecule has 0 radical (unpaired) electrons. The maximum absolute atomic E-state index is 11.6. The van der Waals surface area contributed by atoms with Crippen LogP contribution in [0.1, 0.15) is 58.4 Å². The smallest absolute Gasteiger partial charge is 0.224 e. The Bertz CT molecular complexity index is 830. The topological polar surface area (TPSA) is 34.1 Å². The van der Waals surface area contributed by atoms with Gasteiger partial charge in [0.2, 0.25) is 0 Å². The van der Waals surface area contributed by atoms with Gasteiger partial charge in [-0.1, -0.05) is 50.3 Å². The Kier molecular flexibility index (Phi) is 9.90. The van der Waals surface area contributed by atoms with Gasteiger partial charge in [0.25, 0.3) is 0 Å². The number of allylic oxidation sites excluding steroid dienone is 6. The van der Waals surface area contributed by atoms with Gasteiger partial charge >= 0.3 is 6.18 Å².